The maximum Gasteiger partial charge on any atom is 0.151 e. The molecule has 3 aliphatic heterocycles. The van der Waals surface area contributed by atoms with Crippen LogP contribution in [0.25, 0.3) is 44.1 Å². The maximum absolute atomic E-state index is 6.70. The first kappa shape index (κ1) is 25.8. The molecule has 0 aliphatic carbocycles. The summed E-state index contributed by atoms with van der Waals surface area (Å²) in [5.74, 6) is 1.77. The van der Waals surface area contributed by atoms with Crippen LogP contribution in [0.5, 0.6) is 11.5 Å². The van der Waals surface area contributed by atoms with Crippen LogP contribution < -0.4 is 9.64 Å². The second kappa shape index (κ2) is 10.5. The van der Waals surface area contributed by atoms with E-state index in [1.54, 1.807) is 0 Å². The van der Waals surface area contributed by atoms with E-state index in [1.807, 2.05) is 12.4 Å². The van der Waals surface area contributed by atoms with Crippen LogP contribution in [0.2, 0.25) is 0 Å². The van der Waals surface area contributed by atoms with Gasteiger partial charge in [0.05, 0.1) is 47.5 Å². The molecule has 8 nitrogen and oxygen atoms in total. The van der Waals surface area contributed by atoms with Crippen LogP contribution in [0.4, 0.5) is 11.4 Å². The summed E-state index contributed by atoms with van der Waals surface area (Å²) in [6.45, 7) is 4.15. The van der Waals surface area contributed by atoms with E-state index in [1.165, 1.54) is 25.8 Å². The molecular weight excluding hydrogens is 548 g/mol. The van der Waals surface area contributed by atoms with Crippen molar-refractivity contribution in [2.24, 2.45) is 0 Å². The number of fused-ring (bicyclic) bond motifs is 6. The number of likely N-dealkylation sites (tertiary alicyclic amines) is 1. The summed E-state index contributed by atoms with van der Waals surface area (Å²) in [4.78, 5) is 5.09. The highest BCUT2D eigenvalue weighted by atomic mass is 16.5. The summed E-state index contributed by atoms with van der Waals surface area (Å²) >= 11 is 0. The second-order valence-corrected chi connectivity index (χ2v) is 12.4. The van der Waals surface area contributed by atoms with Gasteiger partial charge in [-0.1, -0.05) is 30.7 Å². The van der Waals surface area contributed by atoms with Gasteiger partial charge in [-0.2, -0.15) is 10.2 Å². The minimum absolute atomic E-state index is 0.472. The van der Waals surface area contributed by atoms with Crippen molar-refractivity contribution in [1.82, 2.24) is 25.3 Å². The van der Waals surface area contributed by atoms with E-state index in [-0.39, 0.29) is 0 Å². The Morgan fingerprint density at radius 3 is 1.86 bits per heavy atom. The Kier molecular flexibility index (Phi) is 6.16. The first-order valence-corrected chi connectivity index (χ1v) is 15.7. The van der Waals surface area contributed by atoms with Crippen molar-refractivity contribution >= 4 is 33.2 Å². The summed E-state index contributed by atoms with van der Waals surface area (Å²) in [7, 11) is 0. The van der Waals surface area contributed by atoms with Crippen molar-refractivity contribution in [3.8, 4) is 33.8 Å². The highest BCUT2D eigenvalue weighted by Crippen LogP contribution is 2.49. The van der Waals surface area contributed by atoms with E-state index in [0.29, 0.717) is 12.1 Å². The van der Waals surface area contributed by atoms with E-state index < -0.39 is 0 Å². The molecular formula is C36H34N6O2. The third-order valence-electron chi connectivity index (χ3n) is 9.61. The Morgan fingerprint density at radius 2 is 1.27 bits per heavy atom. The highest BCUT2D eigenvalue weighted by molar-refractivity contribution is 5.88. The Labute approximate surface area is 255 Å². The first-order valence-electron chi connectivity index (χ1n) is 15.7. The predicted octanol–water partition coefficient (Wildman–Crippen LogP) is 7.66. The first-order chi connectivity index (χ1) is 21.7. The van der Waals surface area contributed by atoms with Gasteiger partial charge in [-0.3, -0.25) is 15.1 Å². The lowest BCUT2D eigenvalue weighted by Crippen LogP contribution is -2.37. The number of hydrogen-bond donors (Lipinski definition) is 2. The van der Waals surface area contributed by atoms with E-state index in [9.17, 15) is 0 Å². The summed E-state index contributed by atoms with van der Waals surface area (Å²) in [6.07, 6.45) is 8.97. The number of unbranched alkanes of at least 4 members (excludes halogenated alkanes) is 2. The van der Waals surface area contributed by atoms with Crippen molar-refractivity contribution in [2.45, 2.75) is 37.8 Å². The minimum atomic E-state index is 0.472. The number of anilines is 2. The van der Waals surface area contributed by atoms with Crippen molar-refractivity contribution in [2.75, 3.05) is 31.1 Å². The zero-order chi connectivity index (χ0) is 29.0. The molecule has 0 spiro atoms. The minimum Gasteiger partial charge on any atom is -0.453 e. The lowest BCUT2D eigenvalue weighted by Gasteiger charge is -2.33. The molecule has 2 fully saturated rings. The van der Waals surface area contributed by atoms with E-state index in [0.717, 1.165) is 93.1 Å². The monoisotopic (exact) mass is 582 g/mol. The van der Waals surface area contributed by atoms with Gasteiger partial charge in [0.2, 0.25) is 0 Å². The molecule has 4 aromatic carbocycles. The van der Waals surface area contributed by atoms with Gasteiger partial charge in [-0.15, -0.1) is 0 Å². The standard InChI is InChI=1S/C36H34N6O2/c1(2-12-41-21-30-18-29(41)22-43-30)3-13-42-33-10-6-25(23-4-8-31-27(14-23)19-37-39-31)16-35(33)44-36-17-26(7-11-34(36)42)24-5-9-32-28(15-24)20-38-40-32/h4-11,14-17,19-20,29-30H,1-3,12-13,18,21-22H2,(H,37,39)(H,38,40)/t29-,30-/m1/s1. The fourth-order valence-corrected chi connectivity index (χ4v) is 7.25. The third-order valence-corrected chi connectivity index (χ3v) is 9.61. The van der Waals surface area contributed by atoms with Crippen molar-refractivity contribution < 1.29 is 9.47 Å². The Morgan fingerprint density at radius 1 is 0.682 bits per heavy atom. The number of aromatic amines is 2. The molecule has 0 amide bonds. The van der Waals surface area contributed by atoms with Gasteiger partial charge >= 0.3 is 0 Å². The lowest BCUT2D eigenvalue weighted by atomic mass is 10.00. The van der Waals surface area contributed by atoms with Crippen LogP contribution in [-0.4, -0.2) is 63.7 Å². The van der Waals surface area contributed by atoms with E-state index in [2.05, 4.69) is 103 Å². The molecule has 44 heavy (non-hydrogen) atoms. The molecule has 3 aliphatic rings. The molecule has 9 rings (SSSR count). The van der Waals surface area contributed by atoms with Gasteiger partial charge in [-0.25, -0.2) is 0 Å². The summed E-state index contributed by atoms with van der Waals surface area (Å²) in [5, 5.41) is 16.7. The number of H-pyrrole nitrogens is 2. The van der Waals surface area contributed by atoms with Crippen LogP contribution in [0.15, 0.2) is 85.2 Å². The molecule has 2 saturated heterocycles. The average molecular weight is 583 g/mol. The van der Waals surface area contributed by atoms with Crippen LogP contribution in [0.1, 0.15) is 25.7 Å². The van der Waals surface area contributed by atoms with Crippen molar-refractivity contribution in [3.63, 3.8) is 0 Å². The maximum atomic E-state index is 6.70. The van der Waals surface area contributed by atoms with Gasteiger partial charge in [0.25, 0.3) is 0 Å². The number of aromatic nitrogens is 4. The lowest BCUT2D eigenvalue weighted by molar-refractivity contribution is 0.0300. The molecule has 2 N–H and O–H groups in total. The second-order valence-electron chi connectivity index (χ2n) is 12.4. The number of nitrogens with one attached hydrogen (secondary N) is 2. The Balaban J connectivity index is 1.01. The molecule has 2 bridgehead atoms. The molecule has 6 aromatic rings. The number of ether oxygens (including phenoxy) is 2. The Bertz CT molecular complexity index is 1870. The van der Waals surface area contributed by atoms with Crippen molar-refractivity contribution in [3.05, 3.63) is 85.2 Å². The van der Waals surface area contributed by atoms with E-state index >= 15 is 0 Å². The topological polar surface area (TPSA) is 82.3 Å². The van der Waals surface area contributed by atoms with Crippen LogP contribution in [0, 0.1) is 0 Å². The molecule has 2 atom stereocenters. The Hall–Kier alpha value is -4.66. The van der Waals surface area contributed by atoms with Gasteiger partial charge in [0.15, 0.2) is 11.5 Å². The molecule has 8 heteroatoms. The molecule has 0 saturated carbocycles. The van der Waals surface area contributed by atoms with Crippen molar-refractivity contribution in [1.29, 1.82) is 0 Å². The molecule has 0 radical (unpaired) electrons. The van der Waals surface area contributed by atoms with Gasteiger partial charge < -0.3 is 14.4 Å². The predicted molar refractivity (Wildman–Crippen MR) is 174 cm³/mol. The largest absolute Gasteiger partial charge is 0.453 e. The quantitative estimate of drug-likeness (QED) is 0.179. The number of rotatable bonds is 8. The van der Waals surface area contributed by atoms with Gasteiger partial charge in [-0.05, 0) is 96.6 Å². The fraction of sp³-hybridized carbons (Fsp3) is 0.278. The normalized spacial score (nSPS) is 19.0. The molecule has 2 aromatic heterocycles. The SMILES string of the molecule is c1cc2c(cc1-c1ccc3[nH]ncc3c1)Oc1cc(-c3ccc4[nH]ncc4c3)ccc1N2CCCCCN1C[C@H]2C[C@@H]1CO2. The molecule has 0 unspecified atom stereocenters. The molecule has 220 valence electrons. The summed E-state index contributed by atoms with van der Waals surface area (Å²) < 4.78 is 12.5. The fourth-order valence-electron chi connectivity index (χ4n) is 7.25. The highest BCUT2D eigenvalue weighted by Gasteiger charge is 2.38. The average Bonchev–Trinajstić information content (AvgIpc) is 3.88. The van der Waals surface area contributed by atoms with Gasteiger partial charge in [0, 0.05) is 29.9 Å². The van der Waals surface area contributed by atoms with Crippen LogP contribution in [-0.2, 0) is 4.74 Å². The number of morpholine rings is 1. The number of benzene rings is 4. The molecule has 5 heterocycles. The number of nitrogens with zero attached hydrogens (tertiary/aromatic N) is 4. The third kappa shape index (κ3) is 4.53. The summed E-state index contributed by atoms with van der Waals surface area (Å²) in [5.41, 5.74) is 8.85. The summed E-state index contributed by atoms with van der Waals surface area (Å²) in [6, 6.07) is 26.7. The zero-order valence-corrected chi connectivity index (χ0v) is 24.5. The number of hydrogen-bond acceptors (Lipinski definition) is 6. The van der Waals surface area contributed by atoms with Gasteiger partial charge in [0.1, 0.15) is 0 Å². The van der Waals surface area contributed by atoms with Crippen LogP contribution in [0.3, 0.4) is 0 Å². The van der Waals surface area contributed by atoms with Crippen LogP contribution >= 0.6 is 0 Å². The smallest absolute Gasteiger partial charge is 0.151 e. The van der Waals surface area contributed by atoms with E-state index in [4.69, 9.17) is 9.47 Å². The zero-order valence-electron chi connectivity index (χ0n) is 24.5.